The van der Waals surface area contributed by atoms with Crippen molar-refractivity contribution in [3.8, 4) is 27.4 Å². The first-order valence-corrected chi connectivity index (χ1v) is 13.3. The van der Waals surface area contributed by atoms with Gasteiger partial charge < -0.3 is 19.9 Å². The lowest BCUT2D eigenvalue weighted by atomic mass is 10.0. The number of aryl methyl sites for hydroxylation is 1. The summed E-state index contributed by atoms with van der Waals surface area (Å²) in [4.78, 5) is 24.6. The van der Waals surface area contributed by atoms with Crippen molar-refractivity contribution >= 4 is 39.6 Å². The van der Waals surface area contributed by atoms with Gasteiger partial charge in [0.25, 0.3) is 0 Å². The van der Waals surface area contributed by atoms with E-state index in [2.05, 4.69) is 24.1 Å². The Morgan fingerprint density at radius 3 is 2.50 bits per heavy atom. The zero-order valence-electron chi connectivity index (χ0n) is 20.7. The minimum absolute atomic E-state index is 0.110. The summed E-state index contributed by atoms with van der Waals surface area (Å²) in [5.74, 6) is 0.447. The lowest BCUT2D eigenvalue weighted by Crippen LogP contribution is -2.05. The third-order valence-electron chi connectivity index (χ3n) is 5.34. The average molecular weight is 524 g/mol. The maximum absolute atomic E-state index is 12.1. The van der Waals surface area contributed by atoms with Crippen LogP contribution in [0.25, 0.3) is 21.7 Å². The molecular formula is C27H29N3O4S2. The van der Waals surface area contributed by atoms with Crippen molar-refractivity contribution in [3.63, 3.8) is 0 Å². The van der Waals surface area contributed by atoms with Crippen LogP contribution in [0.5, 0.6) is 5.75 Å². The van der Waals surface area contributed by atoms with Gasteiger partial charge in [-0.1, -0.05) is 13.8 Å². The summed E-state index contributed by atoms with van der Waals surface area (Å²) in [6, 6.07) is 13.5. The van der Waals surface area contributed by atoms with Crippen LogP contribution in [0.4, 0.5) is 10.9 Å². The summed E-state index contributed by atoms with van der Waals surface area (Å²) in [5, 5.41) is 13.6. The van der Waals surface area contributed by atoms with E-state index in [0.717, 1.165) is 43.6 Å². The van der Waals surface area contributed by atoms with Gasteiger partial charge in [0.2, 0.25) is 0 Å². The molecule has 4 rings (SSSR count). The van der Waals surface area contributed by atoms with Crippen LogP contribution in [0, 0.1) is 12.8 Å². The third-order valence-corrected chi connectivity index (χ3v) is 7.39. The number of pyridine rings is 1. The van der Waals surface area contributed by atoms with Gasteiger partial charge in [-0.05, 0) is 61.7 Å². The van der Waals surface area contributed by atoms with Gasteiger partial charge in [-0.15, -0.1) is 22.7 Å². The summed E-state index contributed by atoms with van der Waals surface area (Å²) in [7, 11) is 1.64. The van der Waals surface area contributed by atoms with E-state index in [1.807, 2.05) is 43.3 Å². The number of aromatic nitrogens is 2. The molecule has 0 radical (unpaired) electrons. The molecule has 0 amide bonds. The number of carboxylic acid groups (broad SMARTS) is 1. The van der Waals surface area contributed by atoms with Crippen molar-refractivity contribution in [3.05, 3.63) is 64.0 Å². The average Bonchev–Trinajstić information content (AvgIpc) is 3.45. The highest BCUT2D eigenvalue weighted by Gasteiger charge is 2.19. The van der Waals surface area contributed by atoms with Crippen LogP contribution in [0.15, 0.2) is 48.7 Å². The highest BCUT2D eigenvalue weighted by atomic mass is 32.1. The Morgan fingerprint density at radius 1 is 1.08 bits per heavy atom. The van der Waals surface area contributed by atoms with Gasteiger partial charge in [0.15, 0.2) is 5.13 Å². The Balaban J connectivity index is 1.62. The number of thiazole rings is 1. The molecule has 7 nitrogen and oxygen atoms in total. The van der Waals surface area contributed by atoms with E-state index in [9.17, 15) is 9.90 Å². The molecule has 0 aliphatic carbocycles. The van der Waals surface area contributed by atoms with Crippen molar-refractivity contribution in [1.82, 2.24) is 9.97 Å². The molecule has 0 saturated carbocycles. The molecule has 0 unspecified atom stereocenters. The fraction of sp³-hybridized carbons (Fsp3) is 0.296. The van der Waals surface area contributed by atoms with E-state index in [-0.39, 0.29) is 11.4 Å². The molecule has 0 saturated heterocycles. The molecule has 188 valence electrons. The molecule has 9 heteroatoms. The summed E-state index contributed by atoms with van der Waals surface area (Å²) >= 11 is 3.13. The number of nitrogens with zero attached hydrogens (tertiary/aromatic N) is 2. The predicted molar refractivity (Wildman–Crippen MR) is 146 cm³/mol. The van der Waals surface area contributed by atoms with Crippen LogP contribution in [-0.2, 0) is 11.2 Å². The van der Waals surface area contributed by atoms with Crippen molar-refractivity contribution in [1.29, 1.82) is 0 Å². The minimum Gasteiger partial charge on any atom is -0.491 e. The number of hydrogen-bond donors (Lipinski definition) is 2. The van der Waals surface area contributed by atoms with Crippen molar-refractivity contribution < 1.29 is 19.4 Å². The highest BCUT2D eigenvalue weighted by Crippen LogP contribution is 2.36. The Bertz CT molecular complexity index is 1330. The normalized spacial score (nSPS) is 11.1. The molecule has 0 bridgehead atoms. The van der Waals surface area contributed by atoms with E-state index in [0.29, 0.717) is 24.3 Å². The van der Waals surface area contributed by atoms with Crippen LogP contribution < -0.4 is 10.1 Å². The number of anilines is 2. The number of nitrogens with one attached hydrogen (secondary N) is 1. The van der Waals surface area contributed by atoms with E-state index >= 15 is 0 Å². The van der Waals surface area contributed by atoms with Gasteiger partial charge in [-0.3, -0.25) is 0 Å². The summed E-state index contributed by atoms with van der Waals surface area (Å²) in [6.45, 7) is 7.37. The lowest BCUT2D eigenvalue weighted by Gasteiger charge is -2.08. The van der Waals surface area contributed by atoms with E-state index in [1.165, 1.54) is 11.3 Å². The van der Waals surface area contributed by atoms with Gasteiger partial charge in [0, 0.05) is 39.1 Å². The second-order valence-electron chi connectivity index (χ2n) is 8.72. The standard InChI is InChI=1S/C27H29N3O4S2/c1-16(2)13-23-24(18-6-8-20(9-7-18)34-12-11-33-4)29-27(36-23)30-25-21(26(31)32)14-19(15-28-25)22-10-5-17(3)35-22/h5-10,14-16H,11-13H2,1-4H3,(H,31,32)(H,28,29,30). The first-order valence-electron chi connectivity index (χ1n) is 11.6. The number of aromatic carboxylic acids is 1. The Labute approximate surface area is 218 Å². The quantitative estimate of drug-likeness (QED) is 0.206. The van der Waals surface area contributed by atoms with Crippen molar-refractivity contribution in [2.45, 2.75) is 27.2 Å². The van der Waals surface area contributed by atoms with Crippen LogP contribution in [0.1, 0.15) is 34.0 Å². The third kappa shape index (κ3) is 6.29. The van der Waals surface area contributed by atoms with Crippen LogP contribution in [-0.4, -0.2) is 41.4 Å². The molecular weight excluding hydrogens is 494 g/mol. The maximum Gasteiger partial charge on any atom is 0.339 e. The zero-order valence-corrected chi connectivity index (χ0v) is 22.3. The van der Waals surface area contributed by atoms with Gasteiger partial charge in [-0.25, -0.2) is 14.8 Å². The summed E-state index contributed by atoms with van der Waals surface area (Å²) in [6.07, 6.45) is 2.56. The molecule has 1 aromatic carbocycles. The van der Waals surface area contributed by atoms with E-state index in [1.54, 1.807) is 30.7 Å². The van der Waals surface area contributed by atoms with Gasteiger partial charge in [-0.2, -0.15) is 0 Å². The largest absolute Gasteiger partial charge is 0.491 e. The predicted octanol–water partition coefficient (Wildman–Crippen LogP) is 6.91. The van der Waals surface area contributed by atoms with Crippen LogP contribution in [0.2, 0.25) is 0 Å². The first kappa shape index (κ1) is 25.8. The first-order chi connectivity index (χ1) is 17.3. The Kier molecular flexibility index (Phi) is 8.35. The van der Waals surface area contributed by atoms with Crippen molar-refractivity contribution in [2.24, 2.45) is 5.92 Å². The topological polar surface area (TPSA) is 93.6 Å². The van der Waals surface area contributed by atoms with E-state index < -0.39 is 5.97 Å². The molecule has 0 spiro atoms. The Morgan fingerprint density at radius 2 is 1.86 bits per heavy atom. The number of carboxylic acids is 1. The number of ether oxygens (including phenoxy) is 2. The van der Waals surface area contributed by atoms with Crippen LogP contribution in [0.3, 0.4) is 0 Å². The maximum atomic E-state index is 12.1. The molecule has 36 heavy (non-hydrogen) atoms. The fourth-order valence-corrected chi connectivity index (χ4v) is 5.69. The van der Waals surface area contributed by atoms with Gasteiger partial charge in [0.05, 0.1) is 12.3 Å². The molecule has 2 N–H and O–H groups in total. The fourth-order valence-electron chi connectivity index (χ4n) is 3.64. The number of benzene rings is 1. The number of rotatable bonds is 11. The van der Waals surface area contributed by atoms with Gasteiger partial charge >= 0.3 is 5.97 Å². The monoisotopic (exact) mass is 523 g/mol. The SMILES string of the molecule is COCCOc1ccc(-c2nc(Nc3ncc(-c4ccc(C)s4)cc3C(=O)O)sc2CC(C)C)cc1. The number of thiophene rings is 1. The molecule has 0 aliphatic heterocycles. The van der Waals surface area contributed by atoms with E-state index in [4.69, 9.17) is 14.5 Å². The smallest absolute Gasteiger partial charge is 0.339 e. The number of hydrogen-bond acceptors (Lipinski definition) is 8. The highest BCUT2D eigenvalue weighted by molar-refractivity contribution is 7.16. The van der Waals surface area contributed by atoms with Gasteiger partial charge in [0.1, 0.15) is 23.7 Å². The number of carbonyl (C=O) groups is 1. The second-order valence-corrected chi connectivity index (χ2v) is 11.1. The van der Waals surface area contributed by atoms with Crippen LogP contribution >= 0.6 is 22.7 Å². The lowest BCUT2D eigenvalue weighted by molar-refractivity contribution is 0.0697. The summed E-state index contributed by atoms with van der Waals surface area (Å²) in [5.41, 5.74) is 2.74. The minimum atomic E-state index is -1.04. The number of methoxy groups -OCH3 is 1. The van der Waals surface area contributed by atoms with Crippen molar-refractivity contribution in [2.75, 3.05) is 25.6 Å². The Hall–Kier alpha value is -3.27. The zero-order chi connectivity index (χ0) is 25.7. The molecule has 4 aromatic rings. The molecule has 0 atom stereocenters. The molecule has 3 aromatic heterocycles. The molecule has 0 aliphatic rings. The summed E-state index contributed by atoms with van der Waals surface area (Å²) < 4.78 is 10.7. The molecule has 3 heterocycles. The second kappa shape index (κ2) is 11.6. The molecule has 0 fully saturated rings.